The number of halogens is 2. The van der Waals surface area contributed by atoms with E-state index in [4.69, 9.17) is 4.99 Å². The van der Waals surface area contributed by atoms with Crippen LogP contribution in [0.15, 0.2) is 22.1 Å². The van der Waals surface area contributed by atoms with Gasteiger partial charge in [0.15, 0.2) is 11.6 Å². The fraction of sp³-hybridized carbons (Fsp3) is 0.625. The molecule has 172 valence electrons. The smallest absolute Gasteiger partial charge is 0.217 e. The number of aromatic amines is 1. The van der Waals surface area contributed by atoms with Crippen molar-refractivity contribution in [2.45, 2.75) is 50.9 Å². The van der Waals surface area contributed by atoms with E-state index in [0.29, 0.717) is 29.8 Å². The Morgan fingerprint density at radius 2 is 1.97 bits per heavy atom. The van der Waals surface area contributed by atoms with E-state index in [-0.39, 0.29) is 11.4 Å². The lowest BCUT2D eigenvalue weighted by Crippen LogP contribution is -2.37. The Kier molecular flexibility index (Phi) is 6.22. The lowest BCUT2D eigenvalue weighted by molar-refractivity contribution is 0.210. The summed E-state index contributed by atoms with van der Waals surface area (Å²) < 4.78 is 27.8. The first kappa shape index (κ1) is 21.5. The summed E-state index contributed by atoms with van der Waals surface area (Å²) in [5.41, 5.74) is 1.63. The van der Waals surface area contributed by atoms with E-state index in [2.05, 4.69) is 32.2 Å². The van der Waals surface area contributed by atoms with Crippen molar-refractivity contribution < 1.29 is 8.78 Å². The Morgan fingerprint density at radius 1 is 1.16 bits per heavy atom. The number of rotatable bonds is 6. The summed E-state index contributed by atoms with van der Waals surface area (Å²) in [6.45, 7) is 3.82. The summed E-state index contributed by atoms with van der Waals surface area (Å²) in [6, 6.07) is 2.67. The number of guanidine groups is 1. The summed E-state index contributed by atoms with van der Waals surface area (Å²) >= 11 is 0. The zero-order valence-electron chi connectivity index (χ0n) is 18.7. The molecule has 5 rings (SSSR count). The first-order valence-corrected chi connectivity index (χ1v) is 12.0. The molecule has 1 saturated heterocycles. The zero-order chi connectivity index (χ0) is 22.1. The first-order valence-electron chi connectivity index (χ1n) is 12.0. The first-order chi connectivity index (χ1) is 15.6. The third-order valence-electron chi connectivity index (χ3n) is 7.34. The van der Waals surface area contributed by atoms with Crippen molar-refractivity contribution in [3.63, 3.8) is 0 Å². The van der Waals surface area contributed by atoms with Crippen molar-refractivity contribution in [1.82, 2.24) is 20.2 Å². The van der Waals surface area contributed by atoms with E-state index >= 15 is 0 Å². The third kappa shape index (κ3) is 4.42. The Labute approximate surface area is 187 Å². The van der Waals surface area contributed by atoms with Crippen molar-refractivity contribution in [2.75, 3.05) is 33.2 Å². The zero-order valence-corrected chi connectivity index (χ0v) is 18.7. The molecule has 2 N–H and O–H groups in total. The average molecular weight is 443 g/mol. The molecule has 1 aromatic heterocycles. The van der Waals surface area contributed by atoms with Gasteiger partial charge in [0.1, 0.15) is 11.3 Å². The second-order valence-electron chi connectivity index (χ2n) is 9.58. The van der Waals surface area contributed by atoms with E-state index in [0.717, 1.165) is 43.5 Å². The molecule has 32 heavy (non-hydrogen) atoms. The molecule has 1 atom stereocenters. The number of hydrogen-bond acceptors (Lipinski definition) is 5. The predicted octanol–water partition coefficient (Wildman–Crippen LogP) is 4.25. The van der Waals surface area contributed by atoms with Crippen LogP contribution in [0.5, 0.6) is 0 Å². The lowest BCUT2D eigenvalue weighted by Gasteiger charge is -2.32. The highest BCUT2D eigenvalue weighted by molar-refractivity contribution is 6.04. The topological polar surface area (TPSA) is 68.7 Å². The van der Waals surface area contributed by atoms with Crippen molar-refractivity contribution in [1.29, 1.82) is 0 Å². The molecule has 2 fully saturated rings. The van der Waals surface area contributed by atoms with Crippen LogP contribution in [-0.2, 0) is 0 Å². The molecular formula is C24H32F2N6. The maximum absolute atomic E-state index is 14.2. The molecule has 0 radical (unpaired) electrons. The van der Waals surface area contributed by atoms with Crippen LogP contribution in [0.4, 0.5) is 8.78 Å². The maximum atomic E-state index is 14.2. The molecule has 2 aliphatic heterocycles. The van der Waals surface area contributed by atoms with Crippen LogP contribution in [0.3, 0.4) is 0 Å². The highest BCUT2D eigenvalue weighted by Crippen LogP contribution is 2.35. The molecule has 0 spiro atoms. The Hall–Kier alpha value is -2.35. The van der Waals surface area contributed by atoms with E-state index in [1.165, 1.54) is 44.8 Å². The number of hydrogen-bond donors (Lipinski definition) is 2. The highest BCUT2D eigenvalue weighted by Gasteiger charge is 2.34. The van der Waals surface area contributed by atoms with Gasteiger partial charge < -0.3 is 15.2 Å². The fourth-order valence-corrected chi connectivity index (χ4v) is 5.05. The molecule has 0 amide bonds. The number of H-pyrrole nitrogens is 1. The molecule has 8 heteroatoms. The molecule has 0 bridgehead atoms. The summed E-state index contributed by atoms with van der Waals surface area (Å²) in [7, 11) is 2.20. The van der Waals surface area contributed by atoms with Crippen molar-refractivity contribution in [2.24, 2.45) is 21.8 Å². The van der Waals surface area contributed by atoms with Crippen LogP contribution in [0.25, 0.3) is 11.0 Å². The number of aliphatic imine (C=N–C) groups is 2. The number of piperidine rings is 1. The van der Waals surface area contributed by atoms with E-state index < -0.39 is 11.6 Å². The van der Waals surface area contributed by atoms with Gasteiger partial charge in [-0.15, -0.1) is 0 Å². The van der Waals surface area contributed by atoms with E-state index in [1.807, 2.05) is 0 Å². The van der Waals surface area contributed by atoms with Gasteiger partial charge in [0.25, 0.3) is 0 Å². The number of aromatic nitrogens is 2. The number of nitrogens with one attached hydrogen (secondary N) is 2. The third-order valence-corrected chi connectivity index (χ3v) is 7.34. The number of imidazole rings is 1. The van der Waals surface area contributed by atoms with Gasteiger partial charge in [0.05, 0.1) is 18.0 Å². The van der Waals surface area contributed by atoms with E-state index in [9.17, 15) is 8.78 Å². The van der Waals surface area contributed by atoms with Gasteiger partial charge >= 0.3 is 0 Å². The largest absolute Gasteiger partial charge is 0.355 e. The molecule has 1 saturated carbocycles. The Balaban J connectivity index is 1.24. The minimum atomic E-state index is -0.904. The van der Waals surface area contributed by atoms with Gasteiger partial charge in [-0.1, -0.05) is 6.42 Å². The average Bonchev–Trinajstić information content (AvgIpc) is 3.19. The summed E-state index contributed by atoms with van der Waals surface area (Å²) in [5, 5.41) is 3.43. The van der Waals surface area contributed by atoms with Gasteiger partial charge in [0.2, 0.25) is 5.96 Å². The van der Waals surface area contributed by atoms with Crippen molar-refractivity contribution in [3.05, 3.63) is 29.6 Å². The lowest BCUT2D eigenvalue weighted by atomic mass is 9.76. The second kappa shape index (κ2) is 9.25. The molecule has 6 nitrogen and oxygen atoms in total. The maximum Gasteiger partial charge on any atom is 0.217 e. The summed E-state index contributed by atoms with van der Waals surface area (Å²) in [4.78, 5) is 19.5. The van der Waals surface area contributed by atoms with Crippen LogP contribution in [0.2, 0.25) is 0 Å². The van der Waals surface area contributed by atoms with Crippen molar-refractivity contribution in [3.8, 4) is 0 Å². The standard InChI is InChI=1S/C24H32F2N6/c1-32-12-9-15(10-13-32)4-3-11-27-24-28-14-17(21(31-24)16-5-2-6-16)23-29-19-8-7-18(25)20(26)22(19)30-23/h7-8,15-17H,2-6,9-14H2,1H3,(H,27,28)(H,29,30). The Morgan fingerprint density at radius 3 is 2.72 bits per heavy atom. The van der Waals surface area contributed by atoms with E-state index in [1.54, 1.807) is 0 Å². The minimum absolute atomic E-state index is 0.0507. The fourth-order valence-electron chi connectivity index (χ4n) is 5.05. The molecular weight excluding hydrogens is 410 g/mol. The number of nitrogens with zero attached hydrogens (tertiary/aromatic N) is 4. The van der Waals surface area contributed by atoms with Gasteiger partial charge in [-0.25, -0.2) is 18.8 Å². The molecule has 2 aromatic rings. The predicted molar refractivity (Wildman–Crippen MR) is 123 cm³/mol. The SMILES string of the molecule is CN1CCC(CCCNC2=NCC(c3nc4c(F)c(F)ccc4[nH]3)C(C3CCC3)=N2)CC1. The second-order valence-corrected chi connectivity index (χ2v) is 9.58. The summed E-state index contributed by atoms with van der Waals surface area (Å²) in [6.07, 6.45) is 8.39. The van der Waals surface area contributed by atoms with Gasteiger partial charge in [0, 0.05) is 12.3 Å². The van der Waals surface area contributed by atoms with Crippen LogP contribution < -0.4 is 5.32 Å². The van der Waals surface area contributed by atoms with Crippen LogP contribution in [0.1, 0.15) is 56.7 Å². The molecule has 1 unspecified atom stereocenters. The number of benzene rings is 1. The molecule has 1 aromatic carbocycles. The summed E-state index contributed by atoms with van der Waals surface area (Å²) in [5.74, 6) is 0.689. The number of likely N-dealkylation sites (tertiary alicyclic amines) is 1. The monoisotopic (exact) mass is 442 g/mol. The van der Waals surface area contributed by atoms with Crippen LogP contribution in [-0.4, -0.2) is 59.8 Å². The van der Waals surface area contributed by atoms with Crippen molar-refractivity contribution >= 4 is 22.7 Å². The normalized spacial score (nSPS) is 23.2. The quantitative estimate of drug-likeness (QED) is 0.658. The molecule has 3 aliphatic rings. The van der Waals surface area contributed by atoms with Crippen LogP contribution >= 0.6 is 0 Å². The Bertz CT molecular complexity index is 1020. The minimum Gasteiger partial charge on any atom is -0.355 e. The van der Waals surface area contributed by atoms with Gasteiger partial charge in [-0.05, 0) is 82.6 Å². The molecule has 1 aliphatic carbocycles. The number of fused-ring (bicyclic) bond motifs is 1. The van der Waals surface area contributed by atoms with Gasteiger partial charge in [-0.3, -0.25) is 4.99 Å². The van der Waals surface area contributed by atoms with Crippen LogP contribution in [0, 0.1) is 23.5 Å². The van der Waals surface area contributed by atoms with Gasteiger partial charge in [-0.2, -0.15) is 0 Å². The highest BCUT2D eigenvalue weighted by atomic mass is 19.2. The molecule has 3 heterocycles.